The van der Waals surface area contributed by atoms with E-state index in [1.807, 2.05) is 0 Å². The molecule has 1 aromatic rings. The van der Waals surface area contributed by atoms with Gasteiger partial charge in [-0.3, -0.25) is 0 Å². The number of nitrogens with one attached hydrogen (secondary N) is 1. The molecule has 1 aliphatic rings. The summed E-state index contributed by atoms with van der Waals surface area (Å²) >= 11 is 0. The molecular weight excluding hydrogens is 262 g/mol. The Morgan fingerprint density at radius 1 is 1.33 bits per heavy atom. The predicted octanol–water partition coefficient (Wildman–Crippen LogP) is 1.59. The summed E-state index contributed by atoms with van der Waals surface area (Å²) in [7, 11) is -4.60. The molecule has 1 aromatic carbocycles. The van der Waals surface area contributed by atoms with E-state index in [-0.39, 0.29) is 16.1 Å². The molecule has 1 aliphatic carbocycles. The van der Waals surface area contributed by atoms with Gasteiger partial charge in [0, 0.05) is 12.1 Å². The number of benzene rings is 1. The van der Waals surface area contributed by atoms with Gasteiger partial charge < -0.3 is 11.1 Å². The zero-order valence-corrected chi connectivity index (χ0v) is 10.4. The summed E-state index contributed by atoms with van der Waals surface area (Å²) in [6, 6.07) is 5.67. The smallest absolute Gasteiger partial charge is 0.341 e. The first-order valence-electron chi connectivity index (χ1n) is 5.51. The van der Waals surface area contributed by atoms with Crippen LogP contribution in [0.5, 0.6) is 0 Å². The van der Waals surface area contributed by atoms with Gasteiger partial charge in [0.2, 0.25) is 9.84 Å². The van der Waals surface area contributed by atoms with Crippen LogP contribution in [-0.4, -0.2) is 26.3 Å². The Morgan fingerprint density at radius 2 is 1.94 bits per heavy atom. The van der Waals surface area contributed by atoms with E-state index in [4.69, 9.17) is 5.73 Å². The highest BCUT2D eigenvalue weighted by molar-refractivity contribution is 7.91. The molecule has 0 amide bonds. The molecule has 0 atom stereocenters. The zero-order valence-electron chi connectivity index (χ0n) is 9.57. The number of para-hydroxylation sites is 1. The molecule has 2 rings (SSSR count). The van der Waals surface area contributed by atoms with Crippen molar-refractivity contribution in [1.82, 2.24) is 0 Å². The van der Waals surface area contributed by atoms with Crippen LogP contribution in [0.1, 0.15) is 12.8 Å². The third kappa shape index (κ3) is 2.32. The molecule has 0 bridgehead atoms. The van der Waals surface area contributed by atoms with Crippen molar-refractivity contribution in [3.05, 3.63) is 24.3 Å². The molecule has 0 unspecified atom stereocenters. The minimum Gasteiger partial charge on any atom is -0.377 e. The number of nitrogens with two attached hydrogens (primary N) is 1. The molecule has 1 fully saturated rings. The van der Waals surface area contributed by atoms with Gasteiger partial charge in [0.05, 0.1) is 10.6 Å². The summed E-state index contributed by atoms with van der Waals surface area (Å²) in [6.45, 7) is 0.343. The molecular formula is C11H14F2N2O2S. The van der Waals surface area contributed by atoms with Crippen molar-refractivity contribution < 1.29 is 17.2 Å². The molecule has 3 N–H and O–H groups in total. The van der Waals surface area contributed by atoms with Crippen LogP contribution in [0.3, 0.4) is 0 Å². The largest absolute Gasteiger partial charge is 0.377 e. The Hall–Kier alpha value is -1.21. The lowest BCUT2D eigenvalue weighted by Gasteiger charge is -2.19. The van der Waals surface area contributed by atoms with Gasteiger partial charge in [0.1, 0.15) is 0 Å². The highest BCUT2D eigenvalue weighted by atomic mass is 32.2. The van der Waals surface area contributed by atoms with Gasteiger partial charge in [-0.1, -0.05) is 12.1 Å². The van der Waals surface area contributed by atoms with Gasteiger partial charge in [-0.2, -0.15) is 8.78 Å². The van der Waals surface area contributed by atoms with Crippen LogP contribution in [-0.2, 0) is 9.84 Å². The molecule has 18 heavy (non-hydrogen) atoms. The molecule has 0 spiro atoms. The second kappa shape index (κ2) is 4.47. The van der Waals surface area contributed by atoms with Crippen LogP contribution in [0.2, 0.25) is 0 Å². The maximum Gasteiger partial charge on any atom is 0.341 e. The molecule has 7 heteroatoms. The molecule has 1 saturated carbocycles. The number of halogens is 2. The number of sulfone groups is 1. The Labute approximate surface area is 104 Å². The lowest BCUT2D eigenvalue weighted by molar-refractivity contribution is 0.235. The standard InChI is InChI=1S/C11H14F2N2O2S/c12-10(13)18(16,17)9-4-2-1-3-8(9)15-11(7-14)5-6-11/h1-4,10,15H,5-7,14H2. The minimum absolute atomic E-state index is 0.195. The summed E-state index contributed by atoms with van der Waals surface area (Å²) in [5.41, 5.74) is 5.43. The second-order valence-electron chi connectivity index (χ2n) is 4.41. The Balaban J connectivity index is 2.38. The summed E-state index contributed by atoms with van der Waals surface area (Å²) in [5.74, 6) is -3.42. The molecule has 4 nitrogen and oxygen atoms in total. The van der Waals surface area contributed by atoms with Gasteiger partial charge >= 0.3 is 5.76 Å². The highest BCUT2D eigenvalue weighted by Gasteiger charge is 2.42. The van der Waals surface area contributed by atoms with E-state index in [0.717, 1.165) is 12.8 Å². The molecule has 0 aromatic heterocycles. The van der Waals surface area contributed by atoms with Gasteiger partial charge in [-0.25, -0.2) is 8.42 Å². The van der Waals surface area contributed by atoms with E-state index >= 15 is 0 Å². The van der Waals surface area contributed by atoms with Crippen molar-refractivity contribution >= 4 is 15.5 Å². The zero-order chi connectivity index (χ0) is 13.4. The van der Waals surface area contributed by atoms with Gasteiger partial charge in [0.15, 0.2) is 0 Å². The minimum atomic E-state index is -4.60. The van der Waals surface area contributed by atoms with E-state index in [0.29, 0.717) is 6.54 Å². The van der Waals surface area contributed by atoms with Crippen LogP contribution in [0, 0.1) is 0 Å². The van der Waals surface area contributed by atoms with Gasteiger partial charge in [-0.15, -0.1) is 0 Å². The van der Waals surface area contributed by atoms with E-state index in [1.54, 1.807) is 6.07 Å². The topological polar surface area (TPSA) is 72.2 Å². The van der Waals surface area contributed by atoms with E-state index < -0.39 is 15.6 Å². The third-order valence-corrected chi connectivity index (χ3v) is 4.51. The monoisotopic (exact) mass is 276 g/mol. The van der Waals surface area contributed by atoms with E-state index in [2.05, 4.69) is 5.32 Å². The van der Waals surface area contributed by atoms with Crippen LogP contribution < -0.4 is 11.1 Å². The number of rotatable bonds is 5. The molecule has 0 saturated heterocycles. The van der Waals surface area contributed by atoms with Crippen LogP contribution in [0.15, 0.2) is 29.2 Å². The maximum absolute atomic E-state index is 12.6. The number of hydrogen-bond acceptors (Lipinski definition) is 4. The Morgan fingerprint density at radius 3 is 2.44 bits per heavy atom. The van der Waals surface area contributed by atoms with Gasteiger partial charge in [-0.05, 0) is 25.0 Å². The van der Waals surface area contributed by atoms with Crippen molar-refractivity contribution in [3.63, 3.8) is 0 Å². The normalized spacial score (nSPS) is 17.8. The Kier molecular flexibility index (Phi) is 3.29. The number of alkyl halides is 2. The number of hydrogen-bond donors (Lipinski definition) is 2. The van der Waals surface area contributed by atoms with Crippen molar-refractivity contribution in [2.24, 2.45) is 5.73 Å². The summed E-state index contributed by atoms with van der Waals surface area (Å²) in [5, 5.41) is 2.97. The van der Waals surface area contributed by atoms with Crippen molar-refractivity contribution in [2.45, 2.75) is 29.0 Å². The first kappa shape index (κ1) is 13.2. The fourth-order valence-corrected chi connectivity index (χ4v) is 2.62. The summed E-state index contributed by atoms with van der Waals surface area (Å²) < 4.78 is 48.2. The SMILES string of the molecule is NCC1(Nc2ccccc2S(=O)(=O)C(F)F)CC1. The average molecular weight is 276 g/mol. The fourth-order valence-electron chi connectivity index (χ4n) is 1.73. The van der Waals surface area contributed by atoms with Crippen LogP contribution in [0.4, 0.5) is 14.5 Å². The quantitative estimate of drug-likeness (QED) is 0.856. The maximum atomic E-state index is 12.6. The first-order valence-corrected chi connectivity index (χ1v) is 7.05. The predicted molar refractivity (Wildman–Crippen MR) is 64.3 cm³/mol. The fraction of sp³-hybridized carbons (Fsp3) is 0.455. The van der Waals surface area contributed by atoms with Crippen molar-refractivity contribution in [3.8, 4) is 0 Å². The Bertz CT molecular complexity index is 542. The number of anilines is 1. The molecule has 100 valence electrons. The lowest BCUT2D eigenvalue weighted by Crippen LogP contribution is -2.31. The van der Waals surface area contributed by atoms with E-state index in [9.17, 15) is 17.2 Å². The first-order chi connectivity index (χ1) is 8.41. The molecule has 0 heterocycles. The van der Waals surface area contributed by atoms with Crippen LogP contribution in [0.25, 0.3) is 0 Å². The highest BCUT2D eigenvalue weighted by Crippen LogP contribution is 2.39. The van der Waals surface area contributed by atoms with Crippen molar-refractivity contribution in [2.75, 3.05) is 11.9 Å². The van der Waals surface area contributed by atoms with Gasteiger partial charge in [0.25, 0.3) is 0 Å². The summed E-state index contributed by atoms with van der Waals surface area (Å²) in [4.78, 5) is -0.375. The van der Waals surface area contributed by atoms with E-state index in [1.165, 1.54) is 18.2 Å². The van der Waals surface area contributed by atoms with Crippen LogP contribution >= 0.6 is 0 Å². The summed E-state index contributed by atoms with van der Waals surface area (Å²) in [6.07, 6.45) is 1.62. The lowest BCUT2D eigenvalue weighted by atomic mass is 10.2. The average Bonchev–Trinajstić information content (AvgIpc) is 3.10. The third-order valence-electron chi connectivity index (χ3n) is 3.07. The second-order valence-corrected chi connectivity index (χ2v) is 6.30. The molecule has 0 radical (unpaired) electrons. The molecule has 0 aliphatic heterocycles. The van der Waals surface area contributed by atoms with Crippen molar-refractivity contribution in [1.29, 1.82) is 0 Å².